The first-order chi connectivity index (χ1) is 4.70. The van der Waals surface area contributed by atoms with E-state index in [0.717, 1.165) is 11.3 Å². The molecule has 10 heavy (non-hydrogen) atoms. The summed E-state index contributed by atoms with van der Waals surface area (Å²) in [5.41, 5.74) is 0. The van der Waals surface area contributed by atoms with Gasteiger partial charge in [0.25, 0.3) is 0 Å². The highest BCUT2D eigenvalue weighted by Gasteiger charge is 2.17. The molecule has 1 unspecified atom stereocenters. The lowest BCUT2D eigenvalue weighted by atomic mass is 10.3. The van der Waals surface area contributed by atoms with Crippen molar-refractivity contribution in [3.63, 3.8) is 0 Å². The summed E-state index contributed by atoms with van der Waals surface area (Å²) in [5, 5.41) is 0.844. The number of nitrogens with zero attached hydrogens (tertiary/aromatic N) is 1. The van der Waals surface area contributed by atoms with Crippen molar-refractivity contribution in [3.05, 3.63) is 0 Å². The van der Waals surface area contributed by atoms with Crippen LogP contribution in [0.15, 0.2) is 0 Å². The van der Waals surface area contributed by atoms with Crippen LogP contribution in [0.25, 0.3) is 0 Å². The molecule has 1 aliphatic heterocycles. The van der Waals surface area contributed by atoms with Crippen LogP contribution in [0.3, 0.4) is 0 Å². The van der Waals surface area contributed by atoms with Gasteiger partial charge in [0.15, 0.2) is 0 Å². The van der Waals surface area contributed by atoms with E-state index in [1.807, 2.05) is 0 Å². The van der Waals surface area contributed by atoms with Crippen LogP contribution < -0.4 is 0 Å². The molecule has 1 aliphatic rings. The summed E-state index contributed by atoms with van der Waals surface area (Å²) in [5.74, 6) is 1.32. The molecule has 0 aromatic heterocycles. The minimum absolute atomic E-state index is 0.739. The fourth-order valence-corrected chi connectivity index (χ4v) is 2.35. The van der Waals surface area contributed by atoms with E-state index in [4.69, 9.17) is 0 Å². The van der Waals surface area contributed by atoms with Crippen molar-refractivity contribution in [2.75, 3.05) is 18.8 Å². The van der Waals surface area contributed by atoms with Crippen LogP contribution in [0.1, 0.15) is 20.8 Å². The Bertz CT molecular complexity index is 103. The molecule has 0 N–H and O–H groups in total. The molecule has 0 bridgehead atoms. The van der Waals surface area contributed by atoms with Crippen molar-refractivity contribution in [1.29, 1.82) is 0 Å². The fraction of sp³-hybridized carbons (Fsp3) is 1.00. The molecule has 0 aromatic carbocycles. The highest BCUT2D eigenvalue weighted by atomic mass is 32.2. The molecule has 1 atom stereocenters. The third-order valence-corrected chi connectivity index (χ3v) is 3.14. The van der Waals surface area contributed by atoms with Gasteiger partial charge in [-0.15, -0.1) is 0 Å². The second kappa shape index (κ2) is 3.63. The van der Waals surface area contributed by atoms with Crippen LogP contribution in [-0.2, 0) is 0 Å². The Balaban J connectivity index is 2.32. The molecule has 2 heteroatoms. The molecule has 0 aliphatic carbocycles. The predicted molar refractivity (Wildman–Crippen MR) is 48.6 cm³/mol. The van der Waals surface area contributed by atoms with E-state index in [0.29, 0.717) is 0 Å². The second-order valence-corrected chi connectivity index (χ2v) is 4.82. The van der Waals surface area contributed by atoms with Gasteiger partial charge in [-0.1, -0.05) is 6.92 Å². The minimum atomic E-state index is 0.739. The first-order valence-corrected chi connectivity index (χ1v) is 5.10. The quantitative estimate of drug-likeness (QED) is 0.574. The maximum atomic E-state index is 2.56. The molecule has 0 aromatic rings. The number of hydrogen-bond acceptors (Lipinski definition) is 2. The molecule has 1 heterocycles. The zero-order valence-electron chi connectivity index (χ0n) is 7.13. The van der Waals surface area contributed by atoms with Crippen molar-refractivity contribution in [2.24, 2.45) is 0 Å². The van der Waals surface area contributed by atoms with Crippen molar-refractivity contribution < 1.29 is 0 Å². The van der Waals surface area contributed by atoms with Gasteiger partial charge < -0.3 is 0 Å². The summed E-state index contributed by atoms with van der Waals surface area (Å²) in [6.07, 6.45) is 0. The Hall–Kier alpha value is 0.310. The summed E-state index contributed by atoms with van der Waals surface area (Å²) in [6, 6.07) is 0.739. The van der Waals surface area contributed by atoms with Crippen molar-refractivity contribution in [1.82, 2.24) is 4.90 Å². The topological polar surface area (TPSA) is 3.24 Å². The van der Waals surface area contributed by atoms with Crippen LogP contribution in [0.2, 0.25) is 0 Å². The fourth-order valence-electron chi connectivity index (χ4n) is 1.31. The van der Waals surface area contributed by atoms with Crippen molar-refractivity contribution >= 4 is 11.8 Å². The van der Waals surface area contributed by atoms with Gasteiger partial charge in [-0.3, -0.25) is 4.90 Å². The molecular formula is C8H17NS. The summed E-state index contributed by atoms with van der Waals surface area (Å²) in [7, 11) is 0. The van der Waals surface area contributed by atoms with Crippen LogP contribution in [0.4, 0.5) is 0 Å². The highest BCUT2D eigenvalue weighted by Crippen LogP contribution is 2.18. The van der Waals surface area contributed by atoms with E-state index in [1.165, 1.54) is 18.8 Å². The lowest BCUT2D eigenvalue weighted by Crippen LogP contribution is -2.40. The maximum absolute atomic E-state index is 2.56. The molecule has 60 valence electrons. The summed E-state index contributed by atoms with van der Waals surface area (Å²) in [6.45, 7) is 9.44. The van der Waals surface area contributed by atoms with Crippen LogP contribution in [-0.4, -0.2) is 35.0 Å². The van der Waals surface area contributed by atoms with Gasteiger partial charge in [-0.05, 0) is 13.8 Å². The standard InChI is InChI=1S/C8H17NS/c1-7(2)9-4-5-10-8(3)6-9/h7-8H,4-6H2,1-3H3. The number of thioether (sulfide) groups is 1. The van der Waals surface area contributed by atoms with Gasteiger partial charge in [0.05, 0.1) is 0 Å². The summed E-state index contributed by atoms with van der Waals surface area (Å²) < 4.78 is 0. The average Bonchev–Trinajstić information content (AvgIpc) is 1.88. The van der Waals surface area contributed by atoms with E-state index in [2.05, 4.69) is 37.4 Å². The Morgan fingerprint density at radius 2 is 2.20 bits per heavy atom. The smallest absolute Gasteiger partial charge is 0.0147 e. The largest absolute Gasteiger partial charge is 0.299 e. The average molecular weight is 159 g/mol. The SMILES string of the molecule is CC1CN(C(C)C)CCS1. The monoisotopic (exact) mass is 159 g/mol. The molecule has 1 rings (SSSR count). The van der Waals surface area contributed by atoms with Crippen LogP contribution >= 0.6 is 11.8 Å². The lowest BCUT2D eigenvalue weighted by Gasteiger charge is -2.33. The normalized spacial score (nSPS) is 29.4. The van der Waals surface area contributed by atoms with E-state index in [9.17, 15) is 0 Å². The Kier molecular flexibility index (Phi) is 3.05. The zero-order valence-corrected chi connectivity index (χ0v) is 7.95. The number of hydrogen-bond donors (Lipinski definition) is 0. The molecule has 0 radical (unpaired) electrons. The van der Waals surface area contributed by atoms with Gasteiger partial charge in [0, 0.05) is 30.1 Å². The first-order valence-electron chi connectivity index (χ1n) is 4.06. The van der Waals surface area contributed by atoms with E-state index >= 15 is 0 Å². The molecule has 1 saturated heterocycles. The molecule has 1 fully saturated rings. The van der Waals surface area contributed by atoms with E-state index in [1.54, 1.807) is 0 Å². The Morgan fingerprint density at radius 3 is 2.60 bits per heavy atom. The molecule has 0 spiro atoms. The minimum Gasteiger partial charge on any atom is -0.299 e. The van der Waals surface area contributed by atoms with E-state index < -0.39 is 0 Å². The third-order valence-electron chi connectivity index (χ3n) is 2.00. The van der Waals surface area contributed by atoms with E-state index in [-0.39, 0.29) is 0 Å². The molecule has 1 nitrogen and oxygen atoms in total. The molecular weight excluding hydrogens is 142 g/mol. The Labute approximate surface area is 68.2 Å². The van der Waals surface area contributed by atoms with Gasteiger partial charge in [0.2, 0.25) is 0 Å². The predicted octanol–water partition coefficient (Wildman–Crippen LogP) is 1.83. The van der Waals surface area contributed by atoms with Gasteiger partial charge in [0.1, 0.15) is 0 Å². The highest BCUT2D eigenvalue weighted by molar-refractivity contribution is 7.99. The third kappa shape index (κ3) is 2.17. The molecule has 0 amide bonds. The van der Waals surface area contributed by atoms with Crippen LogP contribution in [0, 0.1) is 0 Å². The van der Waals surface area contributed by atoms with Crippen molar-refractivity contribution in [3.8, 4) is 0 Å². The second-order valence-electron chi connectivity index (χ2n) is 3.27. The lowest BCUT2D eigenvalue weighted by molar-refractivity contribution is 0.232. The Morgan fingerprint density at radius 1 is 1.50 bits per heavy atom. The first kappa shape index (κ1) is 8.41. The number of rotatable bonds is 1. The van der Waals surface area contributed by atoms with Crippen molar-refractivity contribution in [2.45, 2.75) is 32.1 Å². The maximum Gasteiger partial charge on any atom is 0.0147 e. The van der Waals surface area contributed by atoms with Gasteiger partial charge >= 0.3 is 0 Å². The van der Waals surface area contributed by atoms with Gasteiger partial charge in [-0.2, -0.15) is 11.8 Å². The molecule has 0 saturated carbocycles. The zero-order chi connectivity index (χ0) is 7.56. The summed E-state index contributed by atoms with van der Waals surface area (Å²) >= 11 is 2.10. The van der Waals surface area contributed by atoms with Gasteiger partial charge in [-0.25, -0.2) is 0 Å². The van der Waals surface area contributed by atoms with Crippen LogP contribution in [0.5, 0.6) is 0 Å². The summed E-state index contributed by atoms with van der Waals surface area (Å²) in [4.78, 5) is 2.56.